The van der Waals surface area contributed by atoms with Crippen molar-refractivity contribution in [2.45, 2.75) is 6.42 Å². The van der Waals surface area contributed by atoms with E-state index in [2.05, 4.69) is 9.97 Å². The number of rotatable bonds is 4. The highest BCUT2D eigenvalue weighted by atomic mass is 16.5. The second-order valence-corrected chi connectivity index (χ2v) is 3.75. The summed E-state index contributed by atoms with van der Waals surface area (Å²) in [7, 11) is 0. The van der Waals surface area contributed by atoms with Gasteiger partial charge in [-0.1, -0.05) is 12.1 Å². The summed E-state index contributed by atoms with van der Waals surface area (Å²) in [6.45, 7) is 0.362. The number of nitrogens with one attached hydrogen (secondary N) is 1. The lowest BCUT2D eigenvalue weighted by Gasteiger charge is -2.08. The van der Waals surface area contributed by atoms with Crippen LogP contribution in [0.25, 0.3) is 0 Å². The lowest BCUT2D eigenvalue weighted by molar-refractivity contribution is 0.320. The number of nitrogens with zero attached hydrogens (tertiary/aromatic N) is 1. The molecule has 0 spiro atoms. The molecule has 0 amide bonds. The molecule has 94 valence electrons. The normalized spacial score (nSPS) is 10.2. The summed E-state index contributed by atoms with van der Waals surface area (Å²) in [5, 5.41) is 0. The highest BCUT2D eigenvalue weighted by Crippen LogP contribution is 2.19. The van der Waals surface area contributed by atoms with E-state index >= 15 is 0 Å². The molecule has 0 aliphatic rings. The van der Waals surface area contributed by atoms with E-state index in [4.69, 9.17) is 16.2 Å². The van der Waals surface area contributed by atoms with Gasteiger partial charge in [0.05, 0.1) is 12.3 Å². The number of benzene rings is 1. The molecular formula is C12H14N4O2. The average Bonchev–Trinajstić information content (AvgIpc) is 2.30. The van der Waals surface area contributed by atoms with E-state index < -0.39 is 0 Å². The summed E-state index contributed by atoms with van der Waals surface area (Å²) in [6.07, 6.45) is 0.453. The van der Waals surface area contributed by atoms with Gasteiger partial charge in [0.2, 0.25) is 0 Å². The van der Waals surface area contributed by atoms with Gasteiger partial charge in [0.15, 0.2) is 0 Å². The summed E-state index contributed by atoms with van der Waals surface area (Å²) in [5.41, 5.74) is 11.5. The molecule has 0 saturated heterocycles. The maximum atomic E-state index is 11.2. The molecule has 0 radical (unpaired) electrons. The Bertz CT molecular complexity index is 595. The van der Waals surface area contributed by atoms with Crippen molar-refractivity contribution in [2.24, 2.45) is 0 Å². The molecular weight excluding hydrogens is 232 g/mol. The van der Waals surface area contributed by atoms with E-state index in [1.165, 1.54) is 6.07 Å². The number of anilines is 2. The largest absolute Gasteiger partial charge is 0.491 e. The third-order valence-electron chi connectivity index (χ3n) is 2.33. The van der Waals surface area contributed by atoms with Crippen LogP contribution in [0.4, 0.5) is 11.5 Å². The van der Waals surface area contributed by atoms with Crippen LogP contribution < -0.4 is 21.8 Å². The zero-order chi connectivity index (χ0) is 13.0. The second kappa shape index (κ2) is 5.22. The highest BCUT2D eigenvalue weighted by Gasteiger charge is 2.01. The topological polar surface area (TPSA) is 107 Å². The Labute approximate surface area is 104 Å². The minimum atomic E-state index is -0.267. The molecule has 5 N–H and O–H groups in total. The number of aromatic nitrogens is 2. The summed E-state index contributed by atoms with van der Waals surface area (Å²) in [6, 6.07) is 8.45. The number of nitrogen functional groups attached to an aromatic ring is 2. The molecule has 6 heteroatoms. The van der Waals surface area contributed by atoms with Crippen LogP contribution in [0.15, 0.2) is 35.1 Å². The van der Waals surface area contributed by atoms with Crippen LogP contribution in [0.2, 0.25) is 0 Å². The molecule has 1 aromatic carbocycles. The minimum absolute atomic E-state index is 0.202. The maximum Gasteiger partial charge on any atom is 0.252 e. The van der Waals surface area contributed by atoms with Crippen LogP contribution in [-0.4, -0.2) is 16.6 Å². The van der Waals surface area contributed by atoms with Crippen LogP contribution in [-0.2, 0) is 6.42 Å². The first kappa shape index (κ1) is 12.0. The SMILES string of the molecule is Nc1cc(=O)[nH]c(CCOc2ccccc2N)n1. The summed E-state index contributed by atoms with van der Waals surface area (Å²) < 4.78 is 5.49. The number of ether oxygens (including phenoxy) is 1. The van der Waals surface area contributed by atoms with Gasteiger partial charge in [0.25, 0.3) is 5.56 Å². The van der Waals surface area contributed by atoms with E-state index in [1.807, 2.05) is 12.1 Å². The van der Waals surface area contributed by atoms with Gasteiger partial charge in [-0.25, -0.2) is 4.98 Å². The average molecular weight is 246 g/mol. The van der Waals surface area contributed by atoms with Crippen molar-refractivity contribution in [3.05, 3.63) is 46.5 Å². The lowest BCUT2D eigenvalue weighted by Crippen LogP contribution is -2.14. The van der Waals surface area contributed by atoms with E-state index in [9.17, 15) is 4.79 Å². The first-order valence-corrected chi connectivity index (χ1v) is 5.48. The molecule has 0 fully saturated rings. The van der Waals surface area contributed by atoms with Gasteiger partial charge in [-0.05, 0) is 12.1 Å². The Morgan fingerprint density at radius 3 is 2.78 bits per heavy atom. The number of nitrogens with two attached hydrogens (primary N) is 2. The van der Waals surface area contributed by atoms with Crippen molar-refractivity contribution < 1.29 is 4.74 Å². The molecule has 2 aromatic rings. The van der Waals surface area contributed by atoms with Crippen LogP contribution in [0.3, 0.4) is 0 Å². The molecule has 0 saturated carbocycles. The molecule has 2 rings (SSSR count). The zero-order valence-electron chi connectivity index (χ0n) is 9.72. The fourth-order valence-corrected chi connectivity index (χ4v) is 1.52. The van der Waals surface area contributed by atoms with Crippen molar-refractivity contribution in [1.82, 2.24) is 9.97 Å². The summed E-state index contributed by atoms with van der Waals surface area (Å²) >= 11 is 0. The standard InChI is InChI=1S/C12H14N4O2/c13-8-3-1-2-4-9(8)18-6-5-11-15-10(14)7-12(17)16-11/h1-4,7H,5-6,13H2,(H3,14,15,16,17). The number of hydrogen-bond acceptors (Lipinski definition) is 5. The molecule has 6 nitrogen and oxygen atoms in total. The molecule has 0 unspecified atom stereocenters. The predicted octanol–water partition coefficient (Wildman–Crippen LogP) is 0.556. The van der Waals surface area contributed by atoms with E-state index in [0.717, 1.165) is 0 Å². The minimum Gasteiger partial charge on any atom is -0.491 e. The maximum absolute atomic E-state index is 11.2. The van der Waals surface area contributed by atoms with Gasteiger partial charge in [-0.15, -0.1) is 0 Å². The van der Waals surface area contributed by atoms with Crippen molar-refractivity contribution in [3.8, 4) is 5.75 Å². The molecule has 1 aromatic heterocycles. The number of H-pyrrole nitrogens is 1. The number of hydrogen-bond donors (Lipinski definition) is 3. The summed E-state index contributed by atoms with van der Waals surface area (Å²) in [5.74, 6) is 1.31. The molecule has 0 atom stereocenters. The van der Waals surface area contributed by atoms with Gasteiger partial charge < -0.3 is 21.2 Å². The summed E-state index contributed by atoms with van der Waals surface area (Å²) in [4.78, 5) is 17.8. The van der Waals surface area contributed by atoms with E-state index in [1.54, 1.807) is 12.1 Å². The van der Waals surface area contributed by atoms with Crippen LogP contribution in [0.1, 0.15) is 5.82 Å². The fourth-order valence-electron chi connectivity index (χ4n) is 1.52. The van der Waals surface area contributed by atoms with Crippen molar-refractivity contribution in [2.75, 3.05) is 18.1 Å². The van der Waals surface area contributed by atoms with Gasteiger partial charge in [-0.3, -0.25) is 4.79 Å². The lowest BCUT2D eigenvalue weighted by atomic mass is 10.3. The Morgan fingerprint density at radius 2 is 2.06 bits per heavy atom. The monoisotopic (exact) mass is 246 g/mol. The molecule has 0 aliphatic heterocycles. The Kier molecular flexibility index (Phi) is 3.47. The van der Waals surface area contributed by atoms with E-state index in [-0.39, 0.29) is 11.4 Å². The van der Waals surface area contributed by atoms with Gasteiger partial charge >= 0.3 is 0 Å². The smallest absolute Gasteiger partial charge is 0.252 e. The van der Waals surface area contributed by atoms with Crippen molar-refractivity contribution in [1.29, 1.82) is 0 Å². The predicted molar refractivity (Wildman–Crippen MR) is 69.3 cm³/mol. The first-order valence-electron chi connectivity index (χ1n) is 5.48. The van der Waals surface area contributed by atoms with Crippen LogP contribution >= 0.6 is 0 Å². The molecule has 1 heterocycles. The van der Waals surface area contributed by atoms with Crippen LogP contribution in [0, 0.1) is 0 Å². The van der Waals surface area contributed by atoms with Gasteiger partial charge in [-0.2, -0.15) is 0 Å². The fraction of sp³-hybridized carbons (Fsp3) is 0.167. The molecule has 0 aliphatic carbocycles. The molecule has 0 bridgehead atoms. The Balaban J connectivity index is 1.96. The highest BCUT2D eigenvalue weighted by molar-refractivity contribution is 5.51. The van der Waals surface area contributed by atoms with Crippen molar-refractivity contribution in [3.63, 3.8) is 0 Å². The zero-order valence-corrected chi connectivity index (χ0v) is 9.72. The van der Waals surface area contributed by atoms with Crippen LogP contribution in [0.5, 0.6) is 5.75 Å². The second-order valence-electron chi connectivity index (χ2n) is 3.75. The molecule has 18 heavy (non-hydrogen) atoms. The Hall–Kier alpha value is -2.50. The van der Waals surface area contributed by atoms with Crippen molar-refractivity contribution >= 4 is 11.5 Å². The Morgan fingerprint density at radius 1 is 1.28 bits per heavy atom. The first-order chi connectivity index (χ1) is 8.65. The quantitative estimate of drug-likeness (QED) is 0.683. The third-order valence-corrected chi connectivity index (χ3v) is 2.33. The third kappa shape index (κ3) is 3.00. The van der Waals surface area contributed by atoms with Gasteiger partial charge in [0.1, 0.15) is 17.4 Å². The van der Waals surface area contributed by atoms with Gasteiger partial charge in [0, 0.05) is 12.5 Å². The number of aromatic amines is 1. The number of para-hydroxylation sites is 2. The van der Waals surface area contributed by atoms with E-state index in [0.29, 0.717) is 30.3 Å².